The molecule has 2 aromatic rings. The lowest BCUT2D eigenvalue weighted by atomic mass is 10.2. The molecule has 0 unspecified atom stereocenters. The summed E-state index contributed by atoms with van der Waals surface area (Å²) in [5, 5.41) is 0.903. The van der Waals surface area contributed by atoms with E-state index in [1.165, 1.54) is 18.2 Å². The monoisotopic (exact) mass is 335 g/mol. The molecule has 0 atom stereocenters. The molecule has 8 heteroatoms. The first-order valence-electron chi connectivity index (χ1n) is 6.26. The minimum Gasteiger partial charge on any atom is -0.278 e. The first-order valence-corrected chi connectivity index (χ1v) is 8.12. The molecule has 112 valence electrons. The molecule has 0 saturated heterocycles. The van der Waals surface area contributed by atoms with Gasteiger partial charge >= 0.3 is 6.03 Å². The Kier molecular flexibility index (Phi) is 3.46. The molecule has 22 heavy (non-hydrogen) atoms. The second-order valence-electron chi connectivity index (χ2n) is 4.75. The summed E-state index contributed by atoms with van der Waals surface area (Å²) in [7, 11) is -3.84. The highest BCUT2D eigenvalue weighted by atomic mass is 35.5. The van der Waals surface area contributed by atoms with Crippen LogP contribution >= 0.6 is 11.6 Å². The average Bonchev–Trinajstić information content (AvgIpc) is 2.81. The SMILES string of the molecule is Cc1ccc(NS(=O)(=O)c2ccc3c(c2)=NC(=O)N=3)c(Cl)c1. The zero-order chi connectivity index (χ0) is 15.9. The van der Waals surface area contributed by atoms with E-state index in [9.17, 15) is 13.2 Å². The number of carbonyl (C=O) groups is 1. The molecule has 2 aromatic carbocycles. The quantitative estimate of drug-likeness (QED) is 0.928. The third-order valence-corrected chi connectivity index (χ3v) is 4.73. The number of benzene rings is 2. The Labute approximate surface area is 131 Å². The van der Waals surface area contributed by atoms with Crippen LogP contribution in [0.2, 0.25) is 5.02 Å². The topological polar surface area (TPSA) is 88.0 Å². The van der Waals surface area contributed by atoms with E-state index in [2.05, 4.69) is 14.7 Å². The van der Waals surface area contributed by atoms with Crippen LogP contribution in [0.4, 0.5) is 10.5 Å². The predicted octanol–water partition coefficient (Wildman–Crippen LogP) is 1.82. The van der Waals surface area contributed by atoms with Crippen LogP contribution in [0, 0.1) is 6.92 Å². The number of hydrogen-bond donors (Lipinski definition) is 1. The maximum absolute atomic E-state index is 12.4. The fraction of sp³-hybridized carbons (Fsp3) is 0.0714. The molecule has 0 aromatic heterocycles. The highest BCUT2D eigenvalue weighted by molar-refractivity contribution is 7.92. The number of hydrogen-bond acceptors (Lipinski definition) is 3. The predicted molar refractivity (Wildman–Crippen MR) is 81.1 cm³/mol. The van der Waals surface area contributed by atoms with Gasteiger partial charge in [-0.25, -0.2) is 13.2 Å². The zero-order valence-corrected chi connectivity index (χ0v) is 12.9. The summed E-state index contributed by atoms with van der Waals surface area (Å²) in [5.74, 6) is 0. The van der Waals surface area contributed by atoms with Crippen molar-refractivity contribution in [1.29, 1.82) is 0 Å². The summed E-state index contributed by atoms with van der Waals surface area (Å²) in [5.41, 5.74) is 1.20. The van der Waals surface area contributed by atoms with E-state index in [4.69, 9.17) is 11.6 Å². The van der Waals surface area contributed by atoms with Crippen LogP contribution in [-0.4, -0.2) is 14.4 Å². The standard InChI is InChI=1S/C14H10ClN3O3S/c1-8-2-4-11(10(15)6-8)18-22(20,21)9-3-5-12-13(7-9)17-14(19)16-12/h2-7,18H,1H3. The molecule has 0 spiro atoms. The van der Waals surface area contributed by atoms with Crippen LogP contribution in [0.5, 0.6) is 0 Å². The minimum absolute atomic E-state index is 0.0171. The summed E-state index contributed by atoms with van der Waals surface area (Å²) >= 11 is 6.03. The third kappa shape index (κ3) is 2.72. The van der Waals surface area contributed by atoms with E-state index in [1.807, 2.05) is 6.92 Å². The number of halogens is 1. The van der Waals surface area contributed by atoms with Crippen molar-refractivity contribution < 1.29 is 13.2 Å². The van der Waals surface area contributed by atoms with Crippen LogP contribution in [0.1, 0.15) is 5.56 Å². The van der Waals surface area contributed by atoms with Crippen molar-refractivity contribution in [3.8, 4) is 0 Å². The number of fused-ring (bicyclic) bond motifs is 1. The molecule has 1 aliphatic heterocycles. The fourth-order valence-electron chi connectivity index (χ4n) is 1.99. The molecule has 0 saturated carbocycles. The molecule has 3 rings (SSSR count). The van der Waals surface area contributed by atoms with Gasteiger partial charge < -0.3 is 0 Å². The zero-order valence-electron chi connectivity index (χ0n) is 11.4. The molecule has 2 amide bonds. The van der Waals surface area contributed by atoms with Crippen molar-refractivity contribution in [3.63, 3.8) is 0 Å². The third-order valence-electron chi connectivity index (χ3n) is 3.06. The highest BCUT2D eigenvalue weighted by Gasteiger charge is 2.17. The van der Waals surface area contributed by atoms with Gasteiger partial charge in [-0.1, -0.05) is 17.7 Å². The van der Waals surface area contributed by atoms with Crippen LogP contribution in [0.25, 0.3) is 0 Å². The van der Waals surface area contributed by atoms with Crippen molar-refractivity contribution in [2.24, 2.45) is 9.98 Å². The molecule has 0 aliphatic carbocycles. The number of sulfonamides is 1. The van der Waals surface area contributed by atoms with Crippen molar-refractivity contribution in [2.75, 3.05) is 4.72 Å². The van der Waals surface area contributed by atoms with Gasteiger partial charge in [0.15, 0.2) is 0 Å². The first-order chi connectivity index (χ1) is 10.3. The van der Waals surface area contributed by atoms with Crippen LogP contribution in [-0.2, 0) is 10.0 Å². The number of aryl methyl sites for hydroxylation is 1. The molecule has 1 N–H and O–H groups in total. The molecule has 1 heterocycles. The maximum atomic E-state index is 12.4. The number of amides is 2. The Morgan fingerprint density at radius 1 is 1.05 bits per heavy atom. The van der Waals surface area contributed by atoms with Gasteiger partial charge in [0.25, 0.3) is 10.0 Å². The van der Waals surface area contributed by atoms with Crippen molar-refractivity contribution in [2.45, 2.75) is 11.8 Å². The van der Waals surface area contributed by atoms with E-state index in [0.29, 0.717) is 10.4 Å². The summed E-state index contributed by atoms with van der Waals surface area (Å²) in [6.07, 6.45) is 0. The van der Waals surface area contributed by atoms with Gasteiger partial charge in [0.1, 0.15) is 0 Å². The molecular formula is C14H10ClN3O3S. The Bertz CT molecular complexity index is 1020. The molecule has 0 bridgehead atoms. The molecule has 6 nitrogen and oxygen atoms in total. The Morgan fingerprint density at radius 2 is 1.77 bits per heavy atom. The van der Waals surface area contributed by atoms with Gasteiger partial charge in [-0.3, -0.25) is 4.72 Å². The summed E-state index contributed by atoms with van der Waals surface area (Å²) in [6, 6.07) is 8.46. The van der Waals surface area contributed by atoms with E-state index in [1.54, 1.807) is 18.2 Å². The molecule has 1 aliphatic rings. The smallest absolute Gasteiger partial charge is 0.278 e. The van der Waals surface area contributed by atoms with Crippen LogP contribution < -0.4 is 15.4 Å². The van der Waals surface area contributed by atoms with Gasteiger partial charge in [0.2, 0.25) is 0 Å². The molecule has 0 radical (unpaired) electrons. The number of nitrogens with zero attached hydrogens (tertiary/aromatic N) is 2. The Balaban J connectivity index is 2.01. The maximum Gasteiger partial charge on any atom is 0.368 e. The number of urea groups is 1. The fourth-order valence-corrected chi connectivity index (χ4v) is 3.43. The average molecular weight is 336 g/mol. The lowest BCUT2D eigenvalue weighted by Gasteiger charge is -2.10. The Hall–Kier alpha value is -2.25. The van der Waals surface area contributed by atoms with E-state index < -0.39 is 16.1 Å². The van der Waals surface area contributed by atoms with E-state index >= 15 is 0 Å². The lowest BCUT2D eigenvalue weighted by molar-refractivity contribution is 0.256. The summed E-state index contributed by atoms with van der Waals surface area (Å²) in [4.78, 5) is 18.4. The molecular weight excluding hydrogens is 326 g/mol. The van der Waals surface area contributed by atoms with Gasteiger partial charge in [-0.05, 0) is 42.8 Å². The van der Waals surface area contributed by atoms with Crippen LogP contribution in [0.15, 0.2) is 51.3 Å². The van der Waals surface area contributed by atoms with Gasteiger partial charge in [-0.15, -0.1) is 0 Å². The van der Waals surface area contributed by atoms with E-state index in [0.717, 1.165) is 5.56 Å². The summed E-state index contributed by atoms with van der Waals surface area (Å²) < 4.78 is 27.2. The van der Waals surface area contributed by atoms with Gasteiger partial charge in [0.05, 0.1) is 26.3 Å². The van der Waals surface area contributed by atoms with Crippen LogP contribution in [0.3, 0.4) is 0 Å². The molecule has 0 fully saturated rings. The van der Waals surface area contributed by atoms with Gasteiger partial charge in [-0.2, -0.15) is 9.98 Å². The highest BCUT2D eigenvalue weighted by Crippen LogP contribution is 2.25. The number of carbonyl (C=O) groups excluding carboxylic acids is 1. The lowest BCUT2D eigenvalue weighted by Crippen LogP contribution is -2.24. The van der Waals surface area contributed by atoms with Gasteiger partial charge in [0, 0.05) is 0 Å². The Morgan fingerprint density at radius 3 is 2.50 bits per heavy atom. The first kappa shape index (κ1) is 14.7. The summed E-state index contributed by atoms with van der Waals surface area (Å²) in [6.45, 7) is 1.85. The second kappa shape index (κ2) is 5.19. The van der Waals surface area contributed by atoms with E-state index in [-0.39, 0.29) is 15.9 Å². The normalized spacial score (nSPS) is 13.3. The number of rotatable bonds is 3. The largest absolute Gasteiger partial charge is 0.368 e. The minimum atomic E-state index is -3.84. The number of anilines is 1. The van der Waals surface area contributed by atoms with Crippen molar-refractivity contribution >= 4 is 33.3 Å². The van der Waals surface area contributed by atoms with Crippen molar-refractivity contribution in [3.05, 3.63) is 57.7 Å². The number of nitrogens with one attached hydrogen (secondary N) is 1. The second-order valence-corrected chi connectivity index (χ2v) is 6.84. The van der Waals surface area contributed by atoms with Crippen molar-refractivity contribution in [1.82, 2.24) is 0 Å².